The molecular weight excluding hydrogens is 180 g/mol. The summed E-state index contributed by atoms with van der Waals surface area (Å²) in [5.74, 6) is 2.89. The van der Waals surface area contributed by atoms with Gasteiger partial charge in [-0.3, -0.25) is 0 Å². The van der Waals surface area contributed by atoms with Crippen molar-refractivity contribution in [3.63, 3.8) is 0 Å². The van der Waals surface area contributed by atoms with Crippen molar-refractivity contribution in [2.75, 3.05) is 0 Å². The topological polar surface area (TPSA) is 0 Å². The Morgan fingerprint density at radius 2 is 2.00 bits per heavy atom. The van der Waals surface area contributed by atoms with Gasteiger partial charge in [-0.2, -0.15) is 0 Å². The molecule has 0 aromatic rings. The molecule has 3 aliphatic rings. The van der Waals surface area contributed by atoms with Gasteiger partial charge in [0.05, 0.1) is 0 Å². The SMILES string of the molecule is CC1=C[C@@H]2C(C)(C)[C@H]3CC[C@@H](C)[C@@]23CC1. The largest absolute Gasteiger partial charge is 0.0814 e. The highest BCUT2D eigenvalue weighted by atomic mass is 14.7. The number of hydrogen-bond donors (Lipinski definition) is 0. The lowest BCUT2D eigenvalue weighted by Gasteiger charge is -2.67. The third-order valence-electron chi connectivity index (χ3n) is 6.14. The van der Waals surface area contributed by atoms with Crippen LogP contribution in [-0.4, -0.2) is 0 Å². The standard InChI is InChI=1S/C15H24/c1-10-7-8-15-11(2)5-6-12(15)14(3,4)13(15)9-10/h9,11-13H,5-8H2,1-4H3/t11-,12-,13-,15-/m1/s1. The number of rotatable bonds is 0. The van der Waals surface area contributed by atoms with Crippen molar-refractivity contribution in [1.29, 1.82) is 0 Å². The molecule has 0 aromatic carbocycles. The molecule has 1 spiro atoms. The fraction of sp³-hybridized carbons (Fsp3) is 0.867. The van der Waals surface area contributed by atoms with Crippen molar-refractivity contribution < 1.29 is 0 Å². The van der Waals surface area contributed by atoms with Gasteiger partial charge in [0.15, 0.2) is 0 Å². The Morgan fingerprint density at radius 3 is 2.73 bits per heavy atom. The van der Waals surface area contributed by atoms with Crippen molar-refractivity contribution >= 4 is 0 Å². The molecule has 15 heavy (non-hydrogen) atoms. The van der Waals surface area contributed by atoms with Crippen molar-refractivity contribution in [2.45, 2.75) is 53.4 Å². The average molecular weight is 204 g/mol. The van der Waals surface area contributed by atoms with Crippen LogP contribution in [0.15, 0.2) is 11.6 Å². The highest BCUT2D eigenvalue weighted by molar-refractivity contribution is 5.27. The van der Waals surface area contributed by atoms with Crippen LogP contribution in [0.4, 0.5) is 0 Å². The Bertz CT molecular complexity index is 323. The first-order chi connectivity index (χ1) is 6.99. The van der Waals surface area contributed by atoms with Gasteiger partial charge in [-0.05, 0) is 61.2 Å². The molecule has 0 unspecified atom stereocenters. The first-order valence-electron chi connectivity index (χ1n) is 6.67. The highest BCUT2D eigenvalue weighted by Gasteiger charge is 2.69. The zero-order chi connectivity index (χ0) is 10.8. The van der Waals surface area contributed by atoms with E-state index in [2.05, 4.69) is 33.8 Å². The molecule has 2 saturated carbocycles. The maximum Gasteiger partial charge on any atom is -0.0115 e. The van der Waals surface area contributed by atoms with Crippen molar-refractivity contribution in [3.8, 4) is 0 Å². The van der Waals surface area contributed by atoms with Crippen LogP contribution in [0.2, 0.25) is 0 Å². The second kappa shape index (κ2) is 2.70. The molecule has 0 aromatic heterocycles. The molecule has 0 radical (unpaired) electrons. The van der Waals surface area contributed by atoms with Crippen LogP contribution in [0.5, 0.6) is 0 Å². The Balaban J connectivity index is 2.05. The van der Waals surface area contributed by atoms with E-state index in [0.717, 1.165) is 23.2 Å². The zero-order valence-electron chi connectivity index (χ0n) is 10.6. The van der Waals surface area contributed by atoms with Gasteiger partial charge in [0.1, 0.15) is 0 Å². The summed E-state index contributed by atoms with van der Waals surface area (Å²) >= 11 is 0. The number of hydrogen-bond acceptors (Lipinski definition) is 0. The first-order valence-corrected chi connectivity index (χ1v) is 6.67. The zero-order valence-corrected chi connectivity index (χ0v) is 10.6. The van der Waals surface area contributed by atoms with Crippen LogP contribution < -0.4 is 0 Å². The lowest BCUT2D eigenvalue weighted by atomic mass is 9.37. The Hall–Kier alpha value is -0.260. The molecule has 0 nitrogen and oxygen atoms in total. The molecule has 3 rings (SSSR count). The van der Waals surface area contributed by atoms with E-state index in [1.807, 2.05) is 0 Å². The van der Waals surface area contributed by atoms with Crippen LogP contribution in [0.3, 0.4) is 0 Å². The quantitative estimate of drug-likeness (QED) is 0.513. The van der Waals surface area contributed by atoms with Gasteiger partial charge >= 0.3 is 0 Å². The fourth-order valence-electron chi connectivity index (χ4n) is 5.43. The predicted molar refractivity (Wildman–Crippen MR) is 64.6 cm³/mol. The third kappa shape index (κ3) is 0.946. The average Bonchev–Trinajstić information content (AvgIpc) is 2.47. The molecule has 0 heteroatoms. The molecule has 0 saturated heterocycles. The molecular formula is C15H24. The van der Waals surface area contributed by atoms with E-state index in [9.17, 15) is 0 Å². The molecule has 0 aliphatic heterocycles. The van der Waals surface area contributed by atoms with Crippen molar-refractivity contribution in [1.82, 2.24) is 0 Å². The van der Waals surface area contributed by atoms with E-state index < -0.39 is 0 Å². The van der Waals surface area contributed by atoms with Crippen LogP contribution in [0.1, 0.15) is 53.4 Å². The Morgan fingerprint density at radius 1 is 1.27 bits per heavy atom. The summed E-state index contributed by atoms with van der Waals surface area (Å²) in [5, 5.41) is 0. The summed E-state index contributed by atoms with van der Waals surface area (Å²) in [4.78, 5) is 0. The van der Waals surface area contributed by atoms with Crippen LogP contribution in [0.25, 0.3) is 0 Å². The van der Waals surface area contributed by atoms with E-state index in [-0.39, 0.29) is 0 Å². The lowest BCUT2D eigenvalue weighted by Crippen LogP contribution is -2.61. The summed E-state index contributed by atoms with van der Waals surface area (Å²) in [6.07, 6.45) is 8.46. The summed E-state index contributed by atoms with van der Waals surface area (Å²) in [6.45, 7) is 9.86. The van der Waals surface area contributed by atoms with E-state index in [0.29, 0.717) is 5.41 Å². The van der Waals surface area contributed by atoms with E-state index in [1.54, 1.807) is 5.57 Å². The van der Waals surface area contributed by atoms with E-state index in [4.69, 9.17) is 0 Å². The lowest BCUT2D eigenvalue weighted by molar-refractivity contribution is -0.167. The predicted octanol–water partition coefficient (Wildman–Crippen LogP) is 4.42. The van der Waals surface area contributed by atoms with Gasteiger partial charge in [0.25, 0.3) is 0 Å². The Kier molecular flexibility index (Phi) is 1.79. The van der Waals surface area contributed by atoms with Gasteiger partial charge in [0, 0.05) is 0 Å². The molecule has 3 aliphatic carbocycles. The summed E-state index contributed by atoms with van der Waals surface area (Å²) in [7, 11) is 0. The summed E-state index contributed by atoms with van der Waals surface area (Å²) in [6, 6.07) is 0. The molecule has 84 valence electrons. The van der Waals surface area contributed by atoms with E-state index >= 15 is 0 Å². The molecule has 0 amide bonds. The fourth-order valence-corrected chi connectivity index (χ4v) is 5.43. The molecule has 0 N–H and O–H groups in total. The van der Waals surface area contributed by atoms with Crippen molar-refractivity contribution in [2.24, 2.45) is 28.6 Å². The first kappa shape index (κ1) is 9.93. The minimum Gasteiger partial charge on any atom is -0.0814 e. The monoisotopic (exact) mass is 204 g/mol. The summed E-state index contributed by atoms with van der Waals surface area (Å²) in [5.41, 5.74) is 2.96. The second-order valence-electron chi connectivity index (χ2n) is 6.96. The van der Waals surface area contributed by atoms with Gasteiger partial charge in [-0.25, -0.2) is 0 Å². The minimum atomic E-state index is 0.590. The number of allylic oxidation sites excluding steroid dienone is 2. The minimum absolute atomic E-state index is 0.590. The van der Waals surface area contributed by atoms with Crippen LogP contribution in [-0.2, 0) is 0 Å². The normalized spacial score (nSPS) is 51.5. The van der Waals surface area contributed by atoms with Gasteiger partial charge < -0.3 is 0 Å². The second-order valence-corrected chi connectivity index (χ2v) is 6.96. The Labute approximate surface area is 94.1 Å². The van der Waals surface area contributed by atoms with E-state index in [1.165, 1.54) is 25.7 Å². The van der Waals surface area contributed by atoms with Crippen molar-refractivity contribution in [3.05, 3.63) is 11.6 Å². The van der Waals surface area contributed by atoms with Gasteiger partial charge in [-0.15, -0.1) is 0 Å². The third-order valence-corrected chi connectivity index (χ3v) is 6.14. The van der Waals surface area contributed by atoms with Crippen LogP contribution in [0, 0.1) is 28.6 Å². The molecule has 2 fully saturated rings. The molecule has 4 atom stereocenters. The smallest absolute Gasteiger partial charge is 0.0115 e. The highest BCUT2D eigenvalue weighted by Crippen LogP contribution is 2.75. The molecule has 0 heterocycles. The summed E-state index contributed by atoms with van der Waals surface area (Å²) < 4.78 is 0. The van der Waals surface area contributed by atoms with Gasteiger partial charge in [0.2, 0.25) is 0 Å². The van der Waals surface area contributed by atoms with Gasteiger partial charge in [-0.1, -0.05) is 32.4 Å². The molecule has 0 bridgehead atoms. The maximum atomic E-state index is 2.63. The maximum absolute atomic E-state index is 2.63. The van der Waals surface area contributed by atoms with Crippen LogP contribution >= 0.6 is 0 Å².